The van der Waals surface area contributed by atoms with Crippen molar-refractivity contribution in [2.45, 2.75) is 72.3 Å². The van der Waals surface area contributed by atoms with Crippen LogP contribution < -0.4 is 5.32 Å². The first kappa shape index (κ1) is 16.0. The molecule has 0 radical (unpaired) electrons. The lowest BCUT2D eigenvalue weighted by Crippen LogP contribution is -2.43. The number of amides is 1. The lowest BCUT2D eigenvalue weighted by atomic mass is 9.83. The summed E-state index contributed by atoms with van der Waals surface area (Å²) in [5.74, 6) is -0.103. The molecule has 0 saturated heterocycles. The third-order valence-electron chi connectivity index (χ3n) is 3.47. The summed E-state index contributed by atoms with van der Waals surface area (Å²) in [5, 5.41) is 12.1. The van der Waals surface area contributed by atoms with Crippen molar-refractivity contribution in [1.82, 2.24) is 5.32 Å². The third kappa shape index (κ3) is 4.77. The zero-order valence-corrected chi connectivity index (χ0v) is 11.7. The Morgan fingerprint density at radius 2 is 1.88 bits per heavy atom. The maximum Gasteiger partial charge on any atom is 0.240 e. The summed E-state index contributed by atoms with van der Waals surface area (Å²) in [7, 11) is 0. The normalized spacial score (nSPS) is 12.9. The summed E-state index contributed by atoms with van der Waals surface area (Å²) in [5.41, 5.74) is -0.834. The Labute approximate surface area is 106 Å². The molecular weight excluding hydrogens is 212 g/mol. The lowest BCUT2D eigenvalue weighted by molar-refractivity contribution is -0.129. The molecule has 0 aliphatic heterocycles. The molecular formula is C14H26N2O. The van der Waals surface area contributed by atoms with Gasteiger partial charge >= 0.3 is 0 Å². The summed E-state index contributed by atoms with van der Waals surface area (Å²) in [4.78, 5) is 12.1. The van der Waals surface area contributed by atoms with E-state index in [4.69, 9.17) is 5.26 Å². The first-order chi connectivity index (χ1) is 8.06. The number of hydrogen-bond acceptors (Lipinski definition) is 2. The van der Waals surface area contributed by atoms with Gasteiger partial charge in [-0.1, -0.05) is 40.0 Å². The number of nitriles is 1. The van der Waals surface area contributed by atoms with Gasteiger partial charge in [-0.2, -0.15) is 5.26 Å². The highest BCUT2D eigenvalue weighted by atomic mass is 16.2. The van der Waals surface area contributed by atoms with E-state index in [0.717, 1.165) is 12.8 Å². The van der Waals surface area contributed by atoms with Gasteiger partial charge < -0.3 is 5.32 Å². The van der Waals surface area contributed by atoms with Gasteiger partial charge in [0, 0.05) is 6.04 Å². The van der Waals surface area contributed by atoms with Crippen LogP contribution in [-0.2, 0) is 4.79 Å². The van der Waals surface area contributed by atoms with E-state index >= 15 is 0 Å². The second kappa shape index (κ2) is 8.11. The summed E-state index contributed by atoms with van der Waals surface area (Å²) < 4.78 is 0. The number of hydrogen-bond donors (Lipinski definition) is 1. The van der Waals surface area contributed by atoms with E-state index in [9.17, 15) is 4.79 Å². The molecule has 1 unspecified atom stereocenters. The molecule has 0 saturated carbocycles. The van der Waals surface area contributed by atoms with Crippen LogP contribution in [0.15, 0.2) is 0 Å². The summed E-state index contributed by atoms with van der Waals surface area (Å²) in [6.07, 6.45) is 5.67. The lowest BCUT2D eigenvalue weighted by Gasteiger charge is -2.24. The highest BCUT2D eigenvalue weighted by molar-refractivity contribution is 5.85. The molecule has 3 heteroatoms. The minimum atomic E-state index is -0.834. The molecule has 0 aromatic heterocycles. The van der Waals surface area contributed by atoms with Crippen molar-refractivity contribution < 1.29 is 4.79 Å². The molecule has 98 valence electrons. The Bertz CT molecular complexity index is 264. The zero-order chi connectivity index (χ0) is 13.3. The molecule has 1 amide bonds. The van der Waals surface area contributed by atoms with Crippen LogP contribution in [0.3, 0.4) is 0 Å². The molecule has 0 aliphatic carbocycles. The first-order valence-corrected chi connectivity index (χ1v) is 6.78. The molecule has 0 heterocycles. The van der Waals surface area contributed by atoms with E-state index in [1.807, 2.05) is 20.8 Å². The van der Waals surface area contributed by atoms with Gasteiger partial charge in [-0.15, -0.1) is 0 Å². The smallest absolute Gasteiger partial charge is 0.240 e. The van der Waals surface area contributed by atoms with Crippen molar-refractivity contribution in [2.75, 3.05) is 0 Å². The van der Waals surface area contributed by atoms with Crippen molar-refractivity contribution in [2.24, 2.45) is 5.41 Å². The maximum absolute atomic E-state index is 12.1. The van der Waals surface area contributed by atoms with E-state index in [1.165, 1.54) is 12.8 Å². The molecule has 0 fully saturated rings. The Balaban J connectivity index is 4.28. The van der Waals surface area contributed by atoms with Gasteiger partial charge in [-0.3, -0.25) is 4.79 Å². The summed E-state index contributed by atoms with van der Waals surface area (Å²) >= 11 is 0. The van der Waals surface area contributed by atoms with Gasteiger partial charge in [0.05, 0.1) is 6.07 Å². The summed E-state index contributed by atoms with van der Waals surface area (Å²) in [6.45, 7) is 7.97. The Kier molecular flexibility index (Phi) is 7.61. The topological polar surface area (TPSA) is 52.9 Å². The average Bonchev–Trinajstić information content (AvgIpc) is 2.32. The molecule has 3 nitrogen and oxygen atoms in total. The van der Waals surface area contributed by atoms with Gasteiger partial charge in [-0.05, 0) is 26.2 Å². The molecule has 0 spiro atoms. The van der Waals surface area contributed by atoms with E-state index in [-0.39, 0.29) is 11.9 Å². The number of nitrogens with zero attached hydrogens (tertiary/aromatic N) is 1. The highest BCUT2D eigenvalue weighted by Gasteiger charge is 2.35. The molecule has 0 rings (SSSR count). The third-order valence-corrected chi connectivity index (χ3v) is 3.47. The van der Waals surface area contributed by atoms with Gasteiger partial charge in [0.15, 0.2) is 0 Å². The van der Waals surface area contributed by atoms with Crippen molar-refractivity contribution in [1.29, 1.82) is 5.26 Å². The quantitative estimate of drug-likeness (QED) is 0.659. The predicted molar refractivity (Wildman–Crippen MR) is 70.4 cm³/mol. The van der Waals surface area contributed by atoms with Crippen molar-refractivity contribution >= 4 is 5.91 Å². The van der Waals surface area contributed by atoms with E-state index < -0.39 is 5.41 Å². The van der Waals surface area contributed by atoms with Gasteiger partial charge in [0.2, 0.25) is 5.91 Å². The Morgan fingerprint density at radius 1 is 1.29 bits per heavy atom. The van der Waals surface area contributed by atoms with Crippen LogP contribution in [0.4, 0.5) is 0 Å². The molecule has 1 N–H and O–H groups in total. The average molecular weight is 238 g/mol. The number of nitrogens with one attached hydrogen (secondary N) is 1. The first-order valence-electron chi connectivity index (χ1n) is 6.78. The molecule has 0 aromatic carbocycles. The Hall–Kier alpha value is -1.04. The molecule has 0 bridgehead atoms. The largest absolute Gasteiger partial charge is 0.352 e. The van der Waals surface area contributed by atoms with Crippen LogP contribution >= 0.6 is 0 Å². The van der Waals surface area contributed by atoms with Crippen LogP contribution in [0, 0.1) is 16.7 Å². The maximum atomic E-state index is 12.1. The fourth-order valence-electron chi connectivity index (χ4n) is 1.91. The van der Waals surface area contributed by atoms with Crippen molar-refractivity contribution in [3.8, 4) is 6.07 Å². The van der Waals surface area contributed by atoms with Crippen LogP contribution in [0.5, 0.6) is 0 Å². The van der Waals surface area contributed by atoms with Crippen LogP contribution in [-0.4, -0.2) is 11.9 Å². The summed E-state index contributed by atoms with van der Waals surface area (Å²) in [6, 6.07) is 2.34. The van der Waals surface area contributed by atoms with Gasteiger partial charge in [-0.25, -0.2) is 0 Å². The fraction of sp³-hybridized carbons (Fsp3) is 0.857. The minimum absolute atomic E-state index is 0.103. The molecule has 17 heavy (non-hydrogen) atoms. The second-order valence-corrected chi connectivity index (χ2v) is 4.77. The SMILES string of the molecule is CCCCCC(C)NC(=O)C(C#N)(CC)CC. The fourth-order valence-corrected chi connectivity index (χ4v) is 1.91. The molecule has 0 aliphatic rings. The monoisotopic (exact) mass is 238 g/mol. The zero-order valence-electron chi connectivity index (χ0n) is 11.7. The van der Waals surface area contributed by atoms with Crippen LogP contribution in [0.1, 0.15) is 66.2 Å². The van der Waals surface area contributed by atoms with E-state index in [2.05, 4.69) is 18.3 Å². The number of unbranched alkanes of at least 4 members (excludes halogenated alkanes) is 2. The van der Waals surface area contributed by atoms with Crippen LogP contribution in [0.2, 0.25) is 0 Å². The van der Waals surface area contributed by atoms with Crippen molar-refractivity contribution in [3.63, 3.8) is 0 Å². The highest BCUT2D eigenvalue weighted by Crippen LogP contribution is 2.25. The van der Waals surface area contributed by atoms with E-state index in [1.54, 1.807) is 0 Å². The molecule has 0 aromatic rings. The number of carbonyl (C=O) groups is 1. The predicted octanol–water partition coefficient (Wildman–Crippen LogP) is 3.40. The van der Waals surface area contributed by atoms with Crippen molar-refractivity contribution in [3.05, 3.63) is 0 Å². The second-order valence-electron chi connectivity index (χ2n) is 4.77. The minimum Gasteiger partial charge on any atom is -0.352 e. The van der Waals surface area contributed by atoms with E-state index in [0.29, 0.717) is 12.8 Å². The van der Waals surface area contributed by atoms with Gasteiger partial charge in [0.1, 0.15) is 5.41 Å². The number of carbonyl (C=O) groups excluding carboxylic acids is 1. The van der Waals surface area contributed by atoms with Gasteiger partial charge in [0.25, 0.3) is 0 Å². The standard InChI is InChI=1S/C14H26N2O/c1-5-8-9-10-12(4)16-13(17)14(6-2,7-3)11-15/h12H,5-10H2,1-4H3,(H,16,17). The number of rotatable bonds is 8. The Morgan fingerprint density at radius 3 is 2.29 bits per heavy atom. The molecule has 1 atom stereocenters. The van der Waals surface area contributed by atoms with Crippen LogP contribution in [0.25, 0.3) is 0 Å².